The Kier molecular flexibility index (Phi) is 5.94. The molecule has 0 aliphatic carbocycles. The number of rotatable bonds is 6. The SMILES string of the molecule is CCCc1nnc2n1N[C@H](c1ccc(C)cc1)[C@@H](C(=O)Nc1ccc(OC)cc1)S2. The molecule has 0 saturated heterocycles. The van der Waals surface area contributed by atoms with Gasteiger partial charge >= 0.3 is 0 Å². The molecule has 2 aromatic carbocycles. The van der Waals surface area contributed by atoms with Gasteiger partial charge in [-0.3, -0.25) is 4.79 Å². The van der Waals surface area contributed by atoms with Crippen LogP contribution in [0.2, 0.25) is 0 Å². The number of thioether (sulfide) groups is 1. The minimum Gasteiger partial charge on any atom is -0.497 e. The normalized spacial score (nSPS) is 17.7. The first-order chi connectivity index (χ1) is 14.6. The highest BCUT2D eigenvalue weighted by Crippen LogP contribution is 2.37. The van der Waals surface area contributed by atoms with E-state index in [1.165, 1.54) is 17.3 Å². The summed E-state index contributed by atoms with van der Waals surface area (Å²) in [5, 5.41) is 11.9. The molecule has 1 aliphatic heterocycles. The van der Waals surface area contributed by atoms with Gasteiger partial charge in [-0.1, -0.05) is 48.5 Å². The molecule has 2 N–H and O–H groups in total. The number of hydrogen-bond donors (Lipinski definition) is 2. The standard InChI is InChI=1S/C22H25N5O2S/c1-4-5-18-24-25-22-27(18)26-19(15-8-6-14(2)7-9-15)20(30-22)21(28)23-16-10-12-17(29-3)13-11-16/h6-13,19-20,26H,4-5H2,1-3H3,(H,23,28)/t19-,20+/m1/s1. The van der Waals surface area contributed by atoms with E-state index in [0.717, 1.165) is 35.7 Å². The number of amides is 1. The summed E-state index contributed by atoms with van der Waals surface area (Å²) < 4.78 is 7.12. The average Bonchev–Trinajstić information content (AvgIpc) is 3.16. The first kappa shape index (κ1) is 20.3. The molecular formula is C22H25N5O2S. The smallest absolute Gasteiger partial charge is 0.240 e. The Morgan fingerprint density at radius 1 is 1.17 bits per heavy atom. The zero-order valence-electron chi connectivity index (χ0n) is 17.3. The molecule has 8 heteroatoms. The highest BCUT2D eigenvalue weighted by atomic mass is 32.2. The van der Waals surface area contributed by atoms with Crippen LogP contribution in [0.3, 0.4) is 0 Å². The Balaban J connectivity index is 1.63. The summed E-state index contributed by atoms with van der Waals surface area (Å²) in [6.45, 7) is 4.16. The zero-order chi connectivity index (χ0) is 21.1. The Morgan fingerprint density at radius 3 is 2.57 bits per heavy atom. The van der Waals surface area contributed by atoms with E-state index in [2.05, 4.69) is 59.1 Å². The number of methoxy groups -OCH3 is 1. The van der Waals surface area contributed by atoms with Crippen molar-refractivity contribution >= 4 is 23.4 Å². The fourth-order valence-electron chi connectivity index (χ4n) is 3.40. The van der Waals surface area contributed by atoms with Crippen LogP contribution in [0, 0.1) is 6.92 Å². The second kappa shape index (κ2) is 8.79. The van der Waals surface area contributed by atoms with Gasteiger partial charge in [-0.05, 0) is 43.2 Å². The molecule has 1 aliphatic rings. The summed E-state index contributed by atoms with van der Waals surface area (Å²) in [6, 6.07) is 15.4. The molecule has 0 saturated carbocycles. The molecule has 2 atom stereocenters. The van der Waals surface area contributed by atoms with Crippen molar-refractivity contribution in [3.63, 3.8) is 0 Å². The molecule has 3 aromatic rings. The molecule has 2 heterocycles. The molecule has 0 bridgehead atoms. The van der Waals surface area contributed by atoms with Crippen LogP contribution in [-0.4, -0.2) is 33.1 Å². The number of aromatic nitrogens is 3. The van der Waals surface area contributed by atoms with Gasteiger partial charge in [-0.25, -0.2) is 4.68 Å². The van der Waals surface area contributed by atoms with Crippen molar-refractivity contribution in [2.45, 2.75) is 43.1 Å². The average molecular weight is 424 g/mol. The van der Waals surface area contributed by atoms with Gasteiger partial charge in [0.25, 0.3) is 0 Å². The van der Waals surface area contributed by atoms with Crippen LogP contribution in [0.5, 0.6) is 5.75 Å². The molecule has 1 aromatic heterocycles. The zero-order valence-corrected chi connectivity index (χ0v) is 18.1. The van der Waals surface area contributed by atoms with Gasteiger partial charge in [0.1, 0.15) is 11.0 Å². The quantitative estimate of drug-likeness (QED) is 0.625. The predicted octanol–water partition coefficient (Wildman–Crippen LogP) is 3.95. The molecule has 156 valence electrons. The van der Waals surface area contributed by atoms with E-state index in [4.69, 9.17) is 4.74 Å². The number of nitrogens with zero attached hydrogens (tertiary/aromatic N) is 3. The lowest BCUT2D eigenvalue weighted by atomic mass is 10.0. The van der Waals surface area contributed by atoms with Gasteiger partial charge in [0.05, 0.1) is 13.2 Å². The molecule has 0 unspecified atom stereocenters. The number of ether oxygens (including phenoxy) is 1. The Hall–Kier alpha value is -3.00. The molecule has 1 amide bonds. The fraction of sp³-hybridized carbons (Fsp3) is 0.318. The van der Waals surface area contributed by atoms with Crippen LogP contribution in [0.15, 0.2) is 53.7 Å². The minimum absolute atomic E-state index is 0.0884. The molecule has 0 radical (unpaired) electrons. The van der Waals surface area contributed by atoms with Gasteiger partial charge in [0, 0.05) is 12.1 Å². The fourth-order valence-corrected chi connectivity index (χ4v) is 4.49. The number of hydrogen-bond acceptors (Lipinski definition) is 6. The lowest BCUT2D eigenvalue weighted by Gasteiger charge is -2.33. The number of fused-ring (bicyclic) bond motifs is 1. The topological polar surface area (TPSA) is 81.1 Å². The maximum absolute atomic E-state index is 13.3. The van der Waals surface area contributed by atoms with E-state index in [-0.39, 0.29) is 11.9 Å². The van der Waals surface area contributed by atoms with Gasteiger partial charge in [-0.15, -0.1) is 10.2 Å². The monoisotopic (exact) mass is 423 g/mol. The number of anilines is 1. The summed E-state index contributed by atoms with van der Waals surface area (Å²) >= 11 is 1.44. The van der Waals surface area contributed by atoms with Crippen molar-refractivity contribution in [2.75, 3.05) is 17.9 Å². The first-order valence-corrected chi connectivity index (χ1v) is 10.9. The van der Waals surface area contributed by atoms with E-state index < -0.39 is 5.25 Å². The predicted molar refractivity (Wildman–Crippen MR) is 119 cm³/mol. The Labute approximate surface area is 180 Å². The van der Waals surface area contributed by atoms with E-state index in [0.29, 0.717) is 5.16 Å². The summed E-state index contributed by atoms with van der Waals surface area (Å²) in [5.41, 5.74) is 6.44. The Morgan fingerprint density at radius 2 is 1.90 bits per heavy atom. The van der Waals surface area contributed by atoms with Crippen LogP contribution in [0.4, 0.5) is 5.69 Å². The van der Waals surface area contributed by atoms with Gasteiger partial charge in [-0.2, -0.15) is 0 Å². The Bertz CT molecular complexity index is 1020. The molecule has 0 spiro atoms. The summed E-state index contributed by atoms with van der Waals surface area (Å²) in [4.78, 5) is 13.3. The van der Waals surface area contributed by atoms with Crippen molar-refractivity contribution in [3.8, 4) is 5.75 Å². The molecule has 30 heavy (non-hydrogen) atoms. The van der Waals surface area contributed by atoms with E-state index in [1.54, 1.807) is 7.11 Å². The second-order valence-electron chi connectivity index (χ2n) is 7.26. The maximum atomic E-state index is 13.3. The van der Waals surface area contributed by atoms with Gasteiger partial charge in [0.15, 0.2) is 5.82 Å². The largest absolute Gasteiger partial charge is 0.497 e. The summed E-state index contributed by atoms with van der Waals surface area (Å²) in [6.07, 6.45) is 1.80. The van der Waals surface area contributed by atoms with E-state index >= 15 is 0 Å². The molecule has 4 rings (SSSR count). The molecular weight excluding hydrogens is 398 g/mol. The van der Waals surface area contributed by atoms with Crippen LogP contribution in [0.25, 0.3) is 0 Å². The number of carbonyl (C=O) groups excluding carboxylic acids is 1. The summed E-state index contributed by atoms with van der Waals surface area (Å²) in [7, 11) is 1.62. The van der Waals surface area contributed by atoms with Crippen LogP contribution < -0.4 is 15.5 Å². The van der Waals surface area contributed by atoms with Crippen LogP contribution >= 0.6 is 11.8 Å². The second-order valence-corrected chi connectivity index (χ2v) is 8.37. The van der Waals surface area contributed by atoms with Gasteiger partial charge in [0.2, 0.25) is 11.1 Å². The molecule has 7 nitrogen and oxygen atoms in total. The van der Waals surface area contributed by atoms with Crippen LogP contribution in [0.1, 0.15) is 36.3 Å². The van der Waals surface area contributed by atoms with Crippen molar-refractivity contribution in [2.24, 2.45) is 0 Å². The number of benzene rings is 2. The van der Waals surface area contributed by atoms with Crippen molar-refractivity contribution < 1.29 is 9.53 Å². The van der Waals surface area contributed by atoms with Crippen molar-refractivity contribution in [1.82, 2.24) is 14.9 Å². The number of nitrogens with one attached hydrogen (secondary N) is 2. The van der Waals surface area contributed by atoms with Crippen LogP contribution in [-0.2, 0) is 11.2 Å². The van der Waals surface area contributed by atoms with E-state index in [9.17, 15) is 4.79 Å². The van der Waals surface area contributed by atoms with Crippen molar-refractivity contribution in [3.05, 3.63) is 65.5 Å². The third-order valence-electron chi connectivity index (χ3n) is 5.03. The molecule has 0 fully saturated rings. The highest BCUT2D eigenvalue weighted by Gasteiger charge is 2.37. The lowest BCUT2D eigenvalue weighted by molar-refractivity contribution is -0.116. The maximum Gasteiger partial charge on any atom is 0.240 e. The lowest BCUT2D eigenvalue weighted by Crippen LogP contribution is -2.41. The third kappa shape index (κ3) is 4.14. The summed E-state index contributed by atoms with van der Waals surface area (Å²) in [5.74, 6) is 1.54. The number of carbonyl (C=O) groups is 1. The van der Waals surface area contributed by atoms with Gasteiger partial charge < -0.3 is 15.5 Å². The number of aryl methyl sites for hydroxylation is 2. The first-order valence-electron chi connectivity index (χ1n) is 9.98. The minimum atomic E-state index is -0.402. The van der Waals surface area contributed by atoms with E-state index in [1.807, 2.05) is 28.9 Å². The third-order valence-corrected chi connectivity index (χ3v) is 6.24. The highest BCUT2D eigenvalue weighted by molar-refractivity contribution is 8.00. The van der Waals surface area contributed by atoms with Crippen molar-refractivity contribution in [1.29, 1.82) is 0 Å².